The summed E-state index contributed by atoms with van der Waals surface area (Å²) in [5, 5.41) is 8.88. The van der Waals surface area contributed by atoms with Gasteiger partial charge in [0.25, 0.3) is 5.91 Å². The first-order valence-corrected chi connectivity index (χ1v) is 13.1. The molecule has 4 rings (SSSR count). The SMILES string of the molecule is O=C(NCc1ccccc1Cl)c1ccc2c(c1)NC(=O)[C@@H](CS(=O)(=O)Cc1ccc(F)cc1Cl)N2. The van der Waals surface area contributed by atoms with Gasteiger partial charge in [0.15, 0.2) is 9.84 Å². The number of amides is 2. The number of benzene rings is 3. The lowest BCUT2D eigenvalue weighted by Gasteiger charge is -2.27. The summed E-state index contributed by atoms with van der Waals surface area (Å²) in [6.45, 7) is 0.234. The number of rotatable bonds is 7. The van der Waals surface area contributed by atoms with Crippen LogP contribution in [0, 0.1) is 5.82 Å². The van der Waals surface area contributed by atoms with Crippen molar-refractivity contribution in [2.24, 2.45) is 0 Å². The number of carbonyl (C=O) groups is 2. The average molecular weight is 536 g/mol. The van der Waals surface area contributed by atoms with Gasteiger partial charge >= 0.3 is 0 Å². The maximum absolute atomic E-state index is 13.2. The van der Waals surface area contributed by atoms with Gasteiger partial charge in [-0.1, -0.05) is 47.5 Å². The van der Waals surface area contributed by atoms with Gasteiger partial charge in [-0.25, -0.2) is 12.8 Å². The summed E-state index contributed by atoms with van der Waals surface area (Å²) in [4.78, 5) is 25.2. The molecular formula is C24H20Cl2FN3O4S. The van der Waals surface area contributed by atoms with Gasteiger partial charge in [0.1, 0.15) is 11.9 Å². The number of carbonyl (C=O) groups excluding carboxylic acids is 2. The highest BCUT2D eigenvalue weighted by Gasteiger charge is 2.31. The Hall–Kier alpha value is -3.14. The van der Waals surface area contributed by atoms with E-state index >= 15 is 0 Å². The van der Waals surface area contributed by atoms with Crippen molar-refractivity contribution < 1.29 is 22.4 Å². The van der Waals surface area contributed by atoms with Gasteiger partial charge in [-0.3, -0.25) is 9.59 Å². The molecule has 1 aliphatic rings. The van der Waals surface area contributed by atoms with Gasteiger partial charge < -0.3 is 16.0 Å². The van der Waals surface area contributed by atoms with Crippen LogP contribution in [-0.2, 0) is 26.9 Å². The fraction of sp³-hybridized carbons (Fsp3) is 0.167. The molecule has 0 saturated heterocycles. The van der Waals surface area contributed by atoms with Crippen molar-refractivity contribution in [2.45, 2.75) is 18.3 Å². The molecular weight excluding hydrogens is 516 g/mol. The summed E-state index contributed by atoms with van der Waals surface area (Å²) in [5.41, 5.74) is 2.16. The van der Waals surface area contributed by atoms with Gasteiger partial charge in [-0.15, -0.1) is 0 Å². The van der Waals surface area contributed by atoms with E-state index in [-0.39, 0.29) is 23.0 Å². The molecule has 1 heterocycles. The summed E-state index contributed by atoms with van der Waals surface area (Å²) >= 11 is 12.1. The number of anilines is 2. The lowest BCUT2D eigenvalue weighted by molar-refractivity contribution is -0.116. The van der Waals surface area contributed by atoms with Crippen LogP contribution in [0.25, 0.3) is 0 Å². The van der Waals surface area contributed by atoms with E-state index in [0.29, 0.717) is 22.0 Å². The van der Waals surface area contributed by atoms with Crippen LogP contribution in [0.1, 0.15) is 21.5 Å². The molecule has 0 spiro atoms. The molecule has 2 amide bonds. The maximum Gasteiger partial charge on any atom is 0.251 e. The minimum atomic E-state index is -3.77. The summed E-state index contributed by atoms with van der Waals surface area (Å²) in [5.74, 6) is -2.41. The maximum atomic E-state index is 13.2. The zero-order valence-corrected chi connectivity index (χ0v) is 20.5. The van der Waals surface area contributed by atoms with Crippen molar-refractivity contribution in [3.8, 4) is 0 Å². The van der Waals surface area contributed by atoms with Crippen molar-refractivity contribution in [2.75, 3.05) is 16.4 Å². The normalized spacial score (nSPS) is 15.1. The van der Waals surface area contributed by atoms with E-state index in [9.17, 15) is 22.4 Å². The largest absolute Gasteiger partial charge is 0.371 e. The summed E-state index contributed by atoms with van der Waals surface area (Å²) in [7, 11) is -3.77. The molecule has 3 aromatic rings. The lowest BCUT2D eigenvalue weighted by Crippen LogP contribution is -2.43. The van der Waals surface area contributed by atoms with Crippen molar-refractivity contribution in [1.82, 2.24) is 5.32 Å². The van der Waals surface area contributed by atoms with Crippen LogP contribution in [-0.4, -0.2) is 32.0 Å². The summed E-state index contributed by atoms with van der Waals surface area (Å²) in [6.07, 6.45) is 0. The monoisotopic (exact) mass is 535 g/mol. The number of sulfone groups is 1. The van der Waals surface area contributed by atoms with Crippen LogP contribution >= 0.6 is 23.2 Å². The van der Waals surface area contributed by atoms with E-state index in [4.69, 9.17) is 23.2 Å². The predicted octanol–water partition coefficient (Wildman–Crippen LogP) is 4.41. The first kappa shape index (κ1) is 25.0. The van der Waals surface area contributed by atoms with E-state index in [1.54, 1.807) is 30.3 Å². The number of hydrogen-bond acceptors (Lipinski definition) is 5. The molecule has 0 unspecified atom stereocenters. The predicted molar refractivity (Wildman–Crippen MR) is 134 cm³/mol. The molecule has 0 fully saturated rings. The smallest absolute Gasteiger partial charge is 0.251 e. The zero-order valence-electron chi connectivity index (χ0n) is 18.1. The van der Waals surface area contributed by atoms with Gasteiger partial charge in [0.05, 0.1) is 22.9 Å². The Bertz CT molecular complexity index is 1420. The Labute approximate surface area is 211 Å². The van der Waals surface area contributed by atoms with E-state index in [1.165, 1.54) is 12.1 Å². The molecule has 7 nitrogen and oxygen atoms in total. The van der Waals surface area contributed by atoms with Crippen molar-refractivity contribution >= 4 is 56.2 Å². The number of nitrogens with one attached hydrogen (secondary N) is 3. The van der Waals surface area contributed by atoms with Gasteiger partial charge in [0.2, 0.25) is 5.91 Å². The molecule has 0 aliphatic carbocycles. The Morgan fingerprint density at radius 1 is 0.971 bits per heavy atom. The van der Waals surface area contributed by atoms with Gasteiger partial charge in [-0.05, 0) is 47.5 Å². The molecule has 1 atom stereocenters. The molecule has 1 aliphatic heterocycles. The Kier molecular flexibility index (Phi) is 7.30. The van der Waals surface area contributed by atoms with E-state index < -0.39 is 39.1 Å². The third-order valence-electron chi connectivity index (χ3n) is 5.39. The van der Waals surface area contributed by atoms with Crippen LogP contribution in [0.15, 0.2) is 60.7 Å². The van der Waals surface area contributed by atoms with E-state index in [1.807, 2.05) is 6.07 Å². The Balaban J connectivity index is 1.42. The zero-order chi connectivity index (χ0) is 25.2. The standard InChI is InChI=1S/C24H20Cl2FN3O4S/c25-18-4-2-1-3-15(18)11-28-23(31)14-6-8-20-21(9-14)30-24(32)22(29-20)13-35(33,34)12-16-5-7-17(27)10-19(16)26/h1-10,22,29H,11-13H2,(H,28,31)(H,30,32)/t22-/m1/s1. The van der Waals surface area contributed by atoms with Crippen LogP contribution in [0.5, 0.6) is 0 Å². The Morgan fingerprint density at radius 3 is 2.49 bits per heavy atom. The molecule has 11 heteroatoms. The van der Waals surface area contributed by atoms with Crippen LogP contribution in [0.2, 0.25) is 10.0 Å². The Morgan fingerprint density at radius 2 is 1.74 bits per heavy atom. The van der Waals surface area contributed by atoms with E-state index in [2.05, 4.69) is 16.0 Å². The second-order valence-electron chi connectivity index (χ2n) is 8.01. The molecule has 3 N–H and O–H groups in total. The summed E-state index contributed by atoms with van der Waals surface area (Å²) < 4.78 is 38.6. The van der Waals surface area contributed by atoms with Crippen molar-refractivity contribution in [3.05, 3.63) is 93.2 Å². The van der Waals surface area contributed by atoms with Crippen LogP contribution < -0.4 is 16.0 Å². The fourth-order valence-electron chi connectivity index (χ4n) is 3.61. The third-order valence-corrected chi connectivity index (χ3v) is 7.71. The topological polar surface area (TPSA) is 104 Å². The number of hydrogen-bond donors (Lipinski definition) is 3. The van der Waals surface area contributed by atoms with Crippen LogP contribution in [0.3, 0.4) is 0 Å². The molecule has 0 aromatic heterocycles. The van der Waals surface area contributed by atoms with Gasteiger partial charge in [-0.2, -0.15) is 0 Å². The number of fused-ring (bicyclic) bond motifs is 1. The summed E-state index contributed by atoms with van der Waals surface area (Å²) in [6, 6.07) is 14.2. The number of halogens is 3. The molecule has 0 bridgehead atoms. The molecule has 3 aromatic carbocycles. The first-order chi connectivity index (χ1) is 16.6. The quantitative estimate of drug-likeness (QED) is 0.415. The van der Waals surface area contributed by atoms with Crippen molar-refractivity contribution in [1.29, 1.82) is 0 Å². The highest BCUT2D eigenvalue weighted by atomic mass is 35.5. The minimum absolute atomic E-state index is 0.000294. The second-order valence-corrected chi connectivity index (χ2v) is 10.9. The lowest BCUT2D eigenvalue weighted by atomic mass is 10.1. The molecule has 0 saturated carbocycles. The second kappa shape index (κ2) is 10.2. The van der Waals surface area contributed by atoms with Crippen LogP contribution in [0.4, 0.5) is 15.8 Å². The first-order valence-electron chi connectivity index (χ1n) is 10.5. The molecule has 35 heavy (non-hydrogen) atoms. The fourth-order valence-corrected chi connectivity index (χ4v) is 5.71. The highest BCUT2D eigenvalue weighted by molar-refractivity contribution is 7.90. The molecule has 182 valence electrons. The van der Waals surface area contributed by atoms with E-state index in [0.717, 1.165) is 17.7 Å². The van der Waals surface area contributed by atoms with Gasteiger partial charge in [0, 0.05) is 22.2 Å². The molecule has 0 radical (unpaired) electrons. The van der Waals surface area contributed by atoms with Crippen molar-refractivity contribution in [3.63, 3.8) is 0 Å². The minimum Gasteiger partial charge on any atom is -0.371 e. The highest BCUT2D eigenvalue weighted by Crippen LogP contribution is 2.29. The third kappa shape index (κ3) is 6.11. The average Bonchev–Trinajstić information content (AvgIpc) is 2.80.